The van der Waals surface area contributed by atoms with E-state index < -0.39 is 0 Å². The molecule has 0 aliphatic heterocycles. The van der Waals surface area contributed by atoms with Crippen LogP contribution in [0.2, 0.25) is 0 Å². The van der Waals surface area contributed by atoms with Crippen LogP contribution in [-0.4, -0.2) is 5.91 Å². The van der Waals surface area contributed by atoms with Crippen molar-refractivity contribution in [3.63, 3.8) is 0 Å². The Morgan fingerprint density at radius 2 is 1.89 bits per heavy atom. The molecule has 0 saturated heterocycles. The number of para-hydroxylation sites is 1. The maximum absolute atomic E-state index is 12.2. The van der Waals surface area contributed by atoms with Gasteiger partial charge in [0.25, 0.3) is 5.91 Å². The molecule has 0 atom stereocenters. The Kier molecular flexibility index (Phi) is 4.35. The third-order valence-corrected chi connectivity index (χ3v) is 3.65. The SMILES string of the molecule is N#Cc1ccccc1NC(=O)c1cc(Br)ccc1Br. The number of benzene rings is 2. The molecule has 2 aromatic rings. The summed E-state index contributed by atoms with van der Waals surface area (Å²) >= 11 is 6.66. The first-order valence-corrected chi connectivity index (χ1v) is 6.96. The standard InChI is InChI=1S/C14H8Br2N2O/c15-10-5-6-12(16)11(7-10)14(19)18-13-4-2-1-3-9(13)8-17/h1-7H,(H,18,19). The van der Waals surface area contributed by atoms with Crippen molar-refractivity contribution in [2.24, 2.45) is 0 Å². The van der Waals surface area contributed by atoms with E-state index in [1.165, 1.54) is 0 Å². The maximum Gasteiger partial charge on any atom is 0.256 e. The first-order chi connectivity index (χ1) is 9.11. The van der Waals surface area contributed by atoms with Gasteiger partial charge in [0.1, 0.15) is 6.07 Å². The zero-order valence-electron chi connectivity index (χ0n) is 9.65. The number of anilines is 1. The molecule has 19 heavy (non-hydrogen) atoms. The van der Waals surface area contributed by atoms with Crippen LogP contribution in [0, 0.1) is 11.3 Å². The Labute approximate surface area is 127 Å². The number of hydrogen-bond acceptors (Lipinski definition) is 2. The highest BCUT2D eigenvalue weighted by atomic mass is 79.9. The molecule has 3 nitrogen and oxygen atoms in total. The van der Waals surface area contributed by atoms with E-state index in [2.05, 4.69) is 37.2 Å². The molecule has 0 radical (unpaired) electrons. The molecule has 0 heterocycles. The minimum absolute atomic E-state index is 0.268. The molecule has 0 fully saturated rings. The van der Waals surface area contributed by atoms with Gasteiger partial charge in [-0.3, -0.25) is 4.79 Å². The van der Waals surface area contributed by atoms with Crippen molar-refractivity contribution in [1.29, 1.82) is 5.26 Å². The fourth-order valence-corrected chi connectivity index (χ4v) is 2.34. The van der Waals surface area contributed by atoms with Crippen LogP contribution in [-0.2, 0) is 0 Å². The van der Waals surface area contributed by atoms with Crippen LogP contribution in [0.5, 0.6) is 0 Å². The van der Waals surface area contributed by atoms with Crippen LogP contribution in [0.1, 0.15) is 15.9 Å². The van der Waals surface area contributed by atoms with Crippen molar-refractivity contribution >= 4 is 43.5 Å². The zero-order valence-corrected chi connectivity index (χ0v) is 12.8. The van der Waals surface area contributed by atoms with Gasteiger partial charge in [-0.05, 0) is 46.3 Å². The predicted molar refractivity (Wildman–Crippen MR) is 81.0 cm³/mol. The molecule has 0 unspecified atom stereocenters. The van der Waals surface area contributed by atoms with E-state index in [1.54, 1.807) is 36.4 Å². The highest BCUT2D eigenvalue weighted by molar-refractivity contribution is 9.11. The molecule has 0 aliphatic rings. The molecule has 0 saturated carbocycles. The quantitative estimate of drug-likeness (QED) is 0.843. The van der Waals surface area contributed by atoms with Crippen LogP contribution in [0.25, 0.3) is 0 Å². The molecule has 0 spiro atoms. The second-order valence-electron chi connectivity index (χ2n) is 3.74. The van der Waals surface area contributed by atoms with Crippen molar-refractivity contribution in [2.45, 2.75) is 0 Å². The van der Waals surface area contributed by atoms with Crippen LogP contribution in [0.15, 0.2) is 51.4 Å². The lowest BCUT2D eigenvalue weighted by Gasteiger charge is -2.08. The molecule has 0 aromatic heterocycles. The summed E-state index contributed by atoms with van der Waals surface area (Å²) in [5.41, 5.74) is 1.44. The molecular formula is C14H8Br2N2O. The molecule has 0 aliphatic carbocycles. The topological polar surface area (TPSA) is 52.9 Å². The van der Waals surface area contributed by atoms with Gasteiger partial charge in [-0.25, -0.2) is 0 Å². The lowest BCUT2D eigenvalue weighted by Crippen LogP contribution is -2.13. The summed E-state index contributed by atoms with van der Waals surface area (Å²) in [6.07, 6.45) is 0. The third-order valence-electron chi connectivity index (χ3n) is 2.47. The summed E-state index contributed by atoms with van der Waals surface area (Å²) in [7, 11) is 0. The number of carbonyl (C=O) groups is 1. The van der Waals surface area contributed by atoms with Crippen LogP contribution in [0.4, 0.5) is 5.69 Å². The first kappa shape index (κ1) is 13.8. The van der Waals surface area contributed by atoms with Crippen molar-refractivity contribution in [3.8, 4) is 6.07 Å². The van der Waals surface area contributed by atoms with E-state index in [9.17, 15) is 4.79 Å². The molecule has 1 N–H and O–H groups in total. The molecular weight excluding hydrogens is 372 g/mol. The molecule has 2 aromatic carbocycles. The van der Waals surface area contributed by atoms with Crippen molar-refractivity contribution in [2.75, 3.05) is 5.32 Å². The average molecular weight is 380 g/mol. The number of hydrogen-bond donors (Lipinski definition) is 1. The van der Waals surface area contributed by atoms with E-state index in [0.29, 0.717) is 21.3 Å². The lowest BCUT2D eigenvalue weighted by atomic mass is 10.1. The van der Waals surface area contributed by atoms with Crippen molar-refractivity contribution in [3.05, 3.63) is 62.5 Å². The first-order valence-electron chi connectivity index (χ1n) is 5.37. The normalized spacial score (nSPS) is 9.74. The number of halogens is 2. The highest BCUT2D eigenvalue weighted by Crippen LogP contribution is 2.23. The van der Waals surface area contributed by atoms with Gasteiger partial charge in [-0.15, -0.1) is 0 Å². The van der Waals surface area contributed by atoms with Gasteiger partial charge in [0, 0.05) is 8.95 Å². The smallest absolute Gasteiger partial charge is 0.256 e. The highest BCUT2D eigenvalue weighted by Gasteiger charge is 2.12. The van der Waals surface area contributed by atoms with Gasteiger partial charge in [-0.1, -0.05) is 28.1 Å². The van der Waals surface area contributed by atoms with E-state index in [1.807, 2.05) is 12.1 Å². The number of nitrogens with zero attached hydrogens (tertiary/aromatic N) is 1. The molecule has 2 rings (SSSR count). The van der Waals surface area contributed by atoms with Crippen LogP contribution in [0.3, 0.4) is 0 Å². The number of carbonyl (C=O) groups excluding carboxylic acids is 1. The Morgan fingerprint density at radius 1 is 1.16 bits per heavy atom. The molecule has 0 bridgehead atoms. The Morgan fingerprint density at radius 3 is 2.63 bits per heavy atom. The molecule has 5 heteroatoms. The maximum atomic E-state index is 12.2. The van der Waals surface area contributed by atoms with Crippen LogP contribution < -0.4 is 5.32 Å². The third kappa shape index (κ3) is 3.22. The van der Waals surface area contributed by atoms with Crippen molar-refractivity contribution in [1.82, 2.24) is 0 Å². The fourth-order valence-electron chi connectivity index (χ4n) is 1.55. The number of nitrogens with one attached hydrogen (secondary N) is 1. The fraction of sp³-hybridized carbons (Fsp3) is 0. The number of amides is 1. The van der Waals surface area contributed by atoms with E-state index in [-0.39, 0.29) is 5.91 Å². The van der Waals surface area contributed by atoms with E-state index >= 15 is 0 Å². The average Bonchev–Trinajstić information content (AvgIpc) is 2.42. The Hall–Kier alpha value is -1.64. The summed E-state index contributed by atoms with van der Waals surface area (Å²) in [5, 5.41) is 11.7. The van der Waals surface area contributed by atoms with Gasteiger partial charge in [0.15, 0.2) is 0 Å². The predicted octanol–water partition coefficient (Wildman–Crippen LogP) is 4.34. The summed E-state index contributed by atoms with van der Waals surface area (Å²) in [4.78, 5) is 12.2. The monoisotopic (exact) mass is 378 g/mol. The molecule has 94 valence electrons. The second-order valence-corrected chi connectivity index (χ2v) is 5.51. The number of nitriles is 1. The molecule has 1 amide bonds. The summed E-state index contributed by atoms with van der Waals surface area (Å²) in [5.74, 6) is -0.268. The zero-order chi connectivity index (χ0) is 13.8. The Balaban J connectivity index is 2.31. The Bertz CT molecular complexity index is 677. The van der Waals surface area contributed by atoms with Gasteiger partial charge < -0.3 is 5.32 Å². The number of rotatable bonds is 2. The lowest BCUT2D eigenvalue weighted by molar-refractivity contribution is 0.102. The summed E-state index contributed by atoms with van der Waals surface area (Å²) in [6, 6.07) is 14.3. The van der Waals surface area contributed by atoms with E-state index in [0.717, 1.165) is 4.47 Å². The summed E-state index contributed by atoms with van der Waals surface area (Å²) in [6.45, 7) is 0. The van der Waals surface area contributed by atoms with Crippen molar-refractivity contribution < 1.29 is 4.79 Å². The van der Waals surface area contributed by atoms with Crippen LogP contribution >= 0.6 is 31.9 Å². The minimum atomic E-state index is -0.268. The van der Waals surface area contributed by atoms with Gasteiger partial charge in [0.2, 0.25) is 0 Å². The van der Waals surface area contributed by atoms with E-state index in [4.69, 9.17) is 5.26 Å². The largest absolute Gasteiger partial charge is 0.321 e. The van der Waals surface area contributed by atoms with Gasteiger partial charge >= 0.3 is 0 Å². The van der Waals surface area contributed by atoms with Gasteiger partial charge in [-0.2, -0.15) is 5.26 Å². The second kappa shape index (κ2) is 6.00. The van der Waals surface area contributed by atoms with Gasteiger partial charge in [0.05, 0.1) is 16.8 Å². The summed E-state index contributed by atoms with van der Waals surface area (Å²) < 4.78 is 1.51. The minimum Gasteiger partial charge on any atom is -0.321 e.